The molecule has 0 saturated heterocycles. The molecule has 0 spiro atoms. The molecule has 2 aromatic carbocycles. The maximum Gasteiger partial charge on any atom is 0.113 e. The van der Waals surface area contributed by atoms with Crippen molar-refractivity contribution >= 4 is 26.6 Å². The van der Waals surface area contributed by atoms with E-state index >= 15 is 0 Å². The molecule has 0 fully saturated rings. The van der Waals surface area contributed by atoms with Gasteiger partial charge in [-0.2, -0.15) is 0 Å². The predicted molar refractivity (Wildman–Crippen MR) is 153 cm³/mol. The van der Waals surface area contributed by atoms with E-state index in [-0.39, 0.29) is 10.8 Å². The average Bonchev–Trinajstić information content (AvgIpc) is 2.81. The summed E-state index contributed by atoms with van der Waals surface area (Å²) < 4.78 is 0. The smallest absolute Gasteiger partial charge is 0.0963 e. The highest BCUT2D eigenvalue weighted by Crippen LogP contribution is 2.58. The van der Waals surface area contributed by atoms with Crippen molar-refractivity contribution in [2.45, 2.75) is 128 Å². The number of unbranched alkanes of at least 4 members (excludes halogenated alkanes) is 10. The second-order valence-electron chi connectivity index (χ2n) is 11.4. The lowest BCUT2D eigenvalue weighted by Gasteiger charge is -2.53. The van der Waals surface area contributed by atoms with Crippen LogP contribution < -0.4 is 10.9 Å². The second kappa shape index (κ2) is 12.5. The lowest BCUT2D eigenvalue weighted by atomic mass is 9.50. The molecular weight excluding hydrogens is 406 g/mol. The van der Waals surface area contributed by atoms with Gasteiger partial charge in [0.1, 0.15) is 15.7 Å². The molecule has 3 rings (SSSR count). The molecule has 0 aromatic heterocycles. The molecule has 0 atom stereocenters. The zero-order valence-corrected chi connectivity index (χ0v) is 22.5. The molecule has 34 heavy (non-hydrogen) atoms. The van der Waals surface area contributed by atoms with Crippen molar-refractivity contribution < 1.29 is 0 Å². The molecule has 2 heteroatoms. The first kappa shape index (κ1) is 27.2. The van der Waals surface area contributed by atoms with Crippen LogP contribution in [0.1, 0.15) is 129 Å². The minimum absolute atomic E-state index is 0.00530. The number of hydrogen-bond donors (Lipinski definition) is 0. The van der Waals surface area contributed by atoms with Crippen LogP contribution in [0.5, 0.6) is 0 Å². The van der Waals surface area contributed by atoms with Gasteiger partial charge in [0.15, 0.2) is 0 Å². The van der Waals surface area contributed by atoms with Crippen molar-refractivity contribution in [1.29, 1.82) is 0 Å². The SMILES string of the molecule is [B]c1ccc2c(c1)C(C)(C)C(CCCCCCCC)(CCCCCCCC)c1cc([B])ccc1-2. The van der Waals surface area contributed by atoms with Crippen molar-refractivity contribution in [2.24, 2.45) is 0 Å². The normalized spacial score (nSPS) is 15.6. The summed E-state index contributed by atoms with van der Waals surface area (Å²) >= 11 is 0. The van der Waals surface area contributed by atoms with Crippen molar-refractivity contribution in [1.82, 2.24) is 0 Å². The Kier molecular flexibility index (Phi) is 9.99. The minimum Gasteiger partial charge on any atom is -0.0963 e. The molecule has 2 aromatic rings. The fourth-order valence-electron chi connectivity index (χ4n) is 6.53. The molecule has 0 N–H and O–H groups in total. The molecule has 0 unspecified atom stereocenters. The van der Waals surface area contributed by atoms with E-state index < -0.39 is 0 Å². The van der Waals surface area contributed by atoms with Gasteiger partial charge >= 0.3 is 0 Å². The van der Waals surface area contributed by atoms with Crippen LogP contribution in [0.15, 0.2) is 36.4 Å². The second-order valence-corrected chi connectivity index (χ2v) is 11.4. The maximum absolute atomic E-state index is 6.44. The van der Waals surface area contributed by atoms with E-state index in [0.29, 0.717) is 0 Å². The number of hydrogen-bond acceptors (Lipinski definition) is 0. The third-order valence-corrected chi connectivity index (χ3v) is 8.68. The highest BCUT2D eigenvalue weighted by atomic mass is 14.5. The third-order valence-electron chi connectivity index (χ3n) is 8.68. The van der Waals surface area contributed by atoms with E-state index in [0.717, 1.165) is 10.9 Å². The maximum atomic E-state index is 6.44. The van der Waals surface area contributed by atoms with Gasteiger partial charge in [-0.1, -0.05) is 152 Å². The molecule has 0 nitrogen and oxygen atoms in total. The van der Waals surface area contributed by atoms with Crippen LogP contribution in [0.3, 0.4) is 0 Å². The van der Waals surface area contributed by atoms with Crippen LogP contribution in [-0.4, -0.2) is 15.7 Å². The van der Waals surface area contributed by atoms with Crippen LogP contribution in [0.25, 0.3) is 11.1 Å². The van der Waals surface area contributed by atoms with E-state index in [9.17, 15) is 0 Å². The topological polar surface area (TPSA) is 0 Å². The summed E-state index contributed by atoms with van der Waals surface area (Å²) in [5.74, 6) is 0. The van der Waals surface area contributed by atoms with Crippen LogP contribution in [0, 0.1) is 0 Å². The monoisotopic (exact) mass is 452 g/mol. The molecule has 0 amide bonds. The standard InChI is InChI=1S/C32H46B2/c1-5-7-9-11-13-15-21-32(22-16-14-12-10-8-6-2)30-24-26(34)18-20-28(30)27-19-17-25(33)23-29(27)31(32,3)4/h17-20,23-24H,5-16,21-22H2,1-4H3. The number of rotatable bonds is 14. The summed E-state index contributed by atoms with van der Waals surface area (Å²) in [6.45, 7) is 9.55. The summed E-state index contributed by atoms with van der Waals surface area (Å²) in [5, 5.41) is 0. The largest absolute Gasteiger partial charge is 0.113 e. The number of fused-ring (bicyclic) bond motifs is 3. The minimum atomic E-state index is 0.00530. The molecule has 1 aliphatic rings. The fourth-order valence-corrected chi connectivity index (χ4v) is 6.53. The molecule has 1 aliphatic carbocycles. The lowest BCUT2D eigenvalue weighted by molar-refractivity contribution is 0.199. The van der Waals surface area contributed by atoms with Gasteiger partial charge in [0.2, 0.25) is 0 Å². The van der Waals surface area contributed by atoms with Crippen molar-refractivity contribution in [3.8, 4) is 11.1 Å². The van der Waals surface area contributed by atoms with Gasteiger partial charge in [0.05, 0.1) is 0 Å². The Morgan fingerprint density at radius 3 is 1.47 bits per heavy atom. The van der Waals surface area contributed by atoms with Crippen LogP contribution >= 0.6 is 0 Å². The van der Waals surface area contributed by atoms with Crippen molar-refractivity contribution in [2.75, 3.05) is 0 Å². The van der Waals surface area contributed by atoms with Gasteiger partial charge in [-0.25, -0.2) is 0 Å². The quantitative estimate of drug-likeness (QED) is 0.201. The highest BCUT2D eigenvalue weighted by Gasteiger charge is 2.50. The summed E-state index contributed by atoms with van der Waals surface area (Å²) in [4.78, 5) is 0. The van der Waals surface area contributed by atoms with Gasteiger partial charge in [-0.05, 0) is 40.5 Å². The van der Waals surface area contributed by atoms with Crippen LogP contribution in [0.4, 0.5) is 0 Å². The molecular formula is C32H46B2. The van der Waals surface area contributed by atoms with E-state index in [1.54, 1.807) is 0 Å². The first-order valence-corrected chi connectivity index (χ1v) is 14.2. The Labute approximate surface area is 213 Å². The number of benzene rings is 2. The molecule has 0 saturated carbocycles. The Bertz CT molecular complexity index is 895. The van der Waals surface area contributed by atoms with Gasteiger partial charge in [0, 0.05) is 5.41 Å². The molecule has 0 heterocycles. The predicted octanol–water partition coefficient (Wildman–Crippen LogP) is 7.97. The molecule has 0 bridgehead atoms. The summed E-state index contributed by atoms with van der Waals surface area (Å²) in [7, 11) is 12.8. The van der Waals surface area contributed by atoms with E-state index in [4.69, 9.17) is 15.7 Å². The van der Waals surface area contributed by atoms with Crippen molar-refractivity contribution in [3.63, 3.8) is 0 Å². The van der Waals surface area contributed by atoms with Gasteiger partial charge < -0.3 is 0 Å². The fraction of sp³-hybridized carbons (Fsp3) is 0.625. The van der Waals surface area contributed by atoms with Gasteiger partial charge in [0.25, 0.3) is 0 Å². The summed E-state index contributed by atoms with van der Waals surface area (Å²) in [6, 6.07) is 13.2. The van der Waals surface area contributed by atoms with E-state index in [2.05, 4.69) is 64.1 Å². The van der Waals surface area contributed by atoms with Crippen LogP contribution in [0.2, 0.25) is 0 Å². The third kappa shape index (κ3) is 5.85. The molecule has 180 valence electrons. The van der Waals surface area contributed by atoms with Crippen molar-refractivity contribution in [3.05, 3.63) is 47.5 Å². The summed E-state index contributed by atoms with van der Waals surface area (Å²) in [5.41, 5.74) is 7.48. The highest BCUT2D eigenvalue weighted by molar-refractivity contribution is 6.33. The van der Waals surface area contributed by atoms with E-state index in [1.165, 1.54) is 112 Å². The summed E-state index contributed by atoms with van der Waals surface area (Å²) in [6.07, 6.45) is 18.5. The Hall–Kier alpha value is -1.43. The average molecular weight is 452 g/mol. The van der Waals surface area contributed by atoms with E-state index in [1.807, 2.05) is 0 Å². The first-order chi connectivity index (χ1) is 16.4. The molecule has 4 radical (unpaired) electrons. The first-order valence-electron chi connectivity index (χ1n) is 14.2. The van der Waals surface area contributed by atoms with Crippen LogP contribution in [-0.2, 0) is 10.8 Å². The van der Waals surface area contributed by atoms with Gasteiger partial charge in [-0.15, -0.1) is 0 Å². The molecule has 0 aliphatic heterocycles. The Balaban J connectivity index is 1.97. The Morgan fingerprint density at radius 2 is 0.971 bits per heavy atom. The Morgan fingerprint density at radius 1 is 0.559 bits per heavy atom. The van der Waals surface area contributed by atoms with Gasteiger partial charge in [-0.3, -0.25) is 0 Å². The lowest BCUT2D eigenvalue weighted by Crippen LogP contribution is -2.49. The zero-order valence-electron chi connectivity index (χ0n) is 22.5. The zero-order chi connectivity index (χ0) is 24.6.